The Morgan fingerprint density at radius 2 is 0.850 bits per heavy atom. The van der Waals surface area contributed by atoms with E-state index in [1.807, 2.05) is 21.1 Å². The van der Waals surface area contributed by atoms with E-state index in [2.05, 4.69) is 26.0 Å². The summed E-state index contributed by atoms with van der Waals surface area (Å²) in [6.45, 7) is 4.90. The number of hydrogen-bond donors (Lipinski definition) is 1. The highest BCUT2D eigenvalue weighted by Crippen LogP contribution is 2.16. The Kier molecular flexibility index (Phi) is 42.2. The molecule has 0 aromatic rings. The van der Waals surface area contributed by atoms with Crippen LogP contribution in [0.1, 0.15) is 239 Å². The van der Waals surface area contributed by atoms with Crippen molar-refractivity contribution >= 4 is 17.9 Å². The second kappa shape index (κ2) is 43.7. The third kappa shape index (κ3) is 44.1. The van der Waals surface area contributed by atoms with E-state index in [9.17, 15) is 19.5 Å². The number of likely N-dealkylation sites (N-methyl/N-ethyl adjacent to an activating group) is 1. The summed E-state index contributed by atoms with van der Waals surface area (Å²) < 4.78 is 22.8. The van der Waals surface area contributed by atoms with Gasteiger partial charge in [0.2, 0.25) is 0 Å². The van der Waals surface area contributed by atoms with Crippen molar-refractivity contribution in [1.29, 1.82) is 0 Å². The summed E-state index contributed by atoms with van der Waals surface area (Å²) >= 11 is 0. The molecular formula is C51H98NO8+. The molecule has 0 saturated carbocycles. The smallest absolute Gasteiger partial charge is 0.361 e. The Bertz CT molecular complexity index is 996. The molecule has 60 heavy (non-hydrogen) atoms. The van der Waals surface area contributed by atoms with Gasteiger partial charge in [-0.3, -0.25) is 9.59 Å². The molecule has 0 saturated heterocycles. The molecule has 0 bridgehead atoms. The van der Waals surface area contributed by atoms with E-state index >= 15 is 0 Å². The van der Waals surface area contributed by atoms with Crippen LogP contribution in [0.4, 0.5) is 0 Å². The number of quaternary nitrogens is 1. The van der Waals surface area contributed by atoms with Crippen LogP contribution in [0.3, 0.4) is 0 Å². The SMILES string of the molecule is CCCCCCCC/C=C\CCCCCCCCCCCC(=O)OC(COC(=O)CCCCCCCCCCCCCCCCCC)COC(OCC[N+](C)(C)C)C(=O)O. The van der Waals surface area contributed by atoms with Crippen molar-refractivity contribution in [3.8, 4) is 0 Å². The highest BCUT2D eigenvalue weighted by Gasteiger charge is 2.25. The molecule has 0 fully saturated rings. The lowest BCUT2D eigenvalue weighted by molar-refractivity contribution is -0.870. The molecule has 0 radical (unpaired) electrons. The van der Waals surface area contributed by atoms with Crippen LogP contribution in [-0.2, 0) is 33.3 Å². The number of unbranched alkanes of at least 4 members (excludes halogenated alkanes) is 30. The molecule has 0 rings (SSSR count). The molecular weight excluding hydrogens is 755 g/mol. The third-order valence-electron chi connectivity index (χ3n) is 11.3. The van der Waals surface area contributed by atoms with Crippen LogP contribution in [0.15, 0.2) is 12.2 Å². The fraction of sp³-hybridized carbons (Fsp3) is 0.902. The molecule has 2 atom stereocenters. The van der Waals surface area contributed by atoms with Gasteiger partial charge in [0.05, 0.1) is 34.4 Å². The van der Waals surface area contributed by atoms with Gasteiger partial charge in [-0.05, 0) is 38.5 Å². The number of carbonyl (C=O) groups excluding carboxylic acids is 2. The summed E-state index contributed by atoms with van der Waals surface area (Å²) in [7, 11) is 5.97. The van der Waals surface area contributed by atoms with Gasteiger partial charge in [0.15, 0.2) is 6.10 Å². The number of rotatable bonds is 47. The molecule has 0 aliphatic heterocycles. The van der Waals surface area contributed by atoms with E-state index in [1.54, 1.807) is 0 Å². The molecule has 0 aromatic carbocycles. The van der Waals surface area contributed by atoms with Crippen LogP contribution in [0.5, 0.6) is 0 Å². The van der Waals surface area contributed by atoms with Gasteiger partial charge >= 0.3 is 17.9 Å². The van der Waals surface area contributed by atoms with Crippen molar-refractivity contribution in [2.45, 2.75) is 251 Å². The molecule has 0 aliphatic carbocycles. The van der Waals surface area contributed by atoms with Gasteiger partial charge in [-0.2, -0.15) is 0 Å². The quantitative estimate of drug-likeness (QED) is 0.0212. The van der Waals surface area contributed by atoms with Gasteiger partial charge in [0, 0.05) is 12.8 Å². The van der Waals surface area contributed by atoms with E-state index in [0.29, 0.717) is 17.4 Å². The van der Waals surface area contributed by atoms with Crippen molar-refractivity contribution in [2.24, 2.45) is 0 Å². The van der Waals surface area contributed by atoms with Crippen molar-refractivity contribution in [3.63, 3.8) is 0 Å². The fourth-order valence-corrected chi connectivity index (χ4v) is 7.30. The number of carboxylic acids is 1. The maximum absolute atomic E-state index is 12.8. The minimum atomic E-state index is -1.50. The molecule has 0 spiro atoms. The normalized spacial score (nSPS) is 12.9. The number of aliphatic carboxylic acids is 1. The Balaban J connectivity index is 4.33. The molecule has 0 aliphatic rings. The van der Waals surface area contributed by atoms with E-state index in [1.165, 1.54) is 173 Å². The Hall–Kier alpha value is -1.97. The summed E-state index contributed by atoms with van der Waals surface area (Å²) in [6, 6.07) is 0. The van der Waals surface area contributed by atoms with Gasteiger partial charge < -0.3 is 28.5 Å². The van der Waals surface area contributed by atoms with E-state index in [0.717, 1.165) is 38.5 Å². The molecule has 9 heteroatoms. The summed E-state index contributed by atoms with van der Waals surface area (Å²) in [4.78, 5) is 37.2. The predicted molar refractivity (Wildman–Crippen MR) is 249 cm³/mol. The molecule has 1 N–H and O–H groups in total. The fourth-order valence-electron chi connectivity index (χ4n) is 7.30. The molecule has 9 nitrogen and oxygen atoms in total. The first-order valence-electron chi connectivity index (χ1n) is 25.4. The van der Waals surface area contributed by atoms with E-state index in [-0.39, 0.29) is 32.2 Å². The van der Waals surface area contributed by atoms with Crippen molar-refractivity contribution in [3.05, 3.63) is 12.2 Å². The van der Waals surface area contributed by atoms with Crippen molar-refractivity contribution in [1.82, 2.24) is 0 Å². The number of nitrogens with zero attached hydrogens (tertiary/aromatic N) is 1. The third-order valence-corrected chi connectivity index (χ3v) is 11.3. The second-order valence-electron chi connectivity index (χ2n) is 18.5. The van der Waals surface area contributed by atoms with Crippen LogP contribution >= 0.6 is 0 Å². The number of hydrogen-bond acceptors (Lipinski definition) is 7. The van der Waals surface area contributed by atoms with E-state index < -0.39 is 24.3 Å². The van der Waals surface area contributed by atoms with Gasteiger partial charge in [-0.1, -0.05) is 199 Å². The van der Waals surface area contributed by atoms with Gasteiger partial charge in [-0.25, -0.2) is 4.79 Å². The zero-order valence-corrected chi connectivity index (χ0v) is 40.1. The zero-order valence-electron chi connectivity index (χ0n) is 40.1. The minimum Gasteiger partial charge on any atom is -0.477 e. The molecule has 0 heterocycles. The summed E-state index contributed by atoms with van der Waals surface area (Å²) in [6.07, 6.45) is 44.1. The number of carbonyl (C=O) groups is 3. The average Bonchev–Trinajstić information content (AvgIpc) is 3.21. The first kappa shape index (κ1) is 58.0. The molecule has 0 aromatic heterocycles. The maximum Gasteiger partial charge on any atom is 0.361 e. The number of esters is 2. The number of allylic oxidation sites excluding steroid dienone is 2. The number of carboxylic acid groups (broad SMARTS) is 1. The van der Waals surface area contributed by atoms with Gasteiger partial charge in [0.25, 0.3) is 6.29 Å². The second-order valence-corrected chi connectivity index (χ2v) is 18.5. The van der Waals surface area contributed by atoms with Gasteiger partial charge in [-0.15, -0.1) is 0 Å². The predicted octanol–water partition coefficient (Wildman–Crippen LogP) is 13.8. The summed E-state index contributed by atoms with van der Waals surface area (Å²) in [5.41, 5.74) is 0. The largest absolute Gasteiger partial charge is 0.477 e. The van der Waals surface area contributed by atoms with Gasteiger partial charge in [0.1, 0.15) is 13.2 Å². The van der Waals surface area contributed by atoms with Crippen LogP contribution in [-0.4, -0.2) is 87.4 Å². The molecule has 354 valence electrons. The van der Waals surface area contributed by atoms with Crippen molar-refractivity contribution < 1.29 is 42.9 Å². The molecule has 2 unspecified atom stereocenters. The Morgan fingerprint density at radius 3 is 1.23 bits per heavy atom. The standard InChI is InChI=1S/C51H97NO8/c1-6-8-10-12-14-16-18-20-22-24-25-26-28-30-32-34-36-38-40-42-49(54)60-47(46-59-51(50(55)56)57-44-43-52(3,4)5)45-58-48(53)41-39-37-35-33-31-29-27-23-21-19-17-15-13-11-9-7-2/h20,22,47,51H,6-19,21,23-46H2,1-5H3/p+1/b22-20-. The Labute approximate surface area is 370 Å². The summed E-state index contributed by atoms with van der Waals surface area (Å²) in [5, 5.41) is 9.66. The van der Waals surface area contributed by atoms with Crippen molar-refractivity contribution in [2.75, 3.05) is 47.5 Å². The average molecular weight is 853 g/mol. The topological polar surface area (TPSA) is 108 Å². The first-order chi connectivity index (χ1) is 29.1. The number of ether oxygens (including phenoxy) is 4. The highest BCUT2D eigenvalue weighted by molar-refractivity contribution is 5.71. The lowest BCUT2D eigenvalue weighted by Crippen LogP contribution is -2.40. The highest BCUT2D eigenvalue weighted by atomic mass is 16.7. The van der Waals surface area contributed by atoms with Crippen LogP contribution in [0.25, 0.3) is 0 Å². The lowest BCUT2D eigenvalue weighted by atomic mass is 10.0. The molecule has 0 amide bonds. The van der Waals surface area contributed by atoms with Crippen LogP contribution in [0, 0.1) is 0 Å². The van der Waals surface area contributed by atoms with Crippen LogP contribution in [0.2, 0.25) is 0 Å². The lowest BCUT2D eigenvalue weighted by Gasteiger charge is -2.25. The summed E-state index contributed by atoms with van der Waals surface area (Å²) in [5.74, 6) is -1.99. The van der Waals surface area contributed by atoms with Crippen LogP contribution < -0.4 is 0 Å². The minimum absolute atomic E-state index is 0.176. The monoisotopic (exact) mass is 853 g/mol. The first-order valence-corrected chi connectivity index (χ1v) is 25.4. The Morgan fingerprint density at radius 1 is 0.483 bits per heavy atom. The van der Waals surface area contributed by atoms with E-state index in [4.69, 9.17) is 18.9 Å². The zero-order chi connectivity index (χ0) is 44.2. The maximum atomic E-state index is 12.8.